The SMILES string of the molecule is Cc1ccc(-n2[nH]c(C(=O)N3CCS[C@H](C(C)C)C3)cc2=O)cc1. The number of carbonyl (C=O) groups is 1. The summed E-state index contributed by atoms with van der Waals surface area (Å²) in [5, 5.41) is 3.42. The molecule has 5 nitrogen and oxygen atoms in total. The molecule has 0 spiro atoms. The normalized spacial score (nSPS) is 18.2. The Morgan fingerprint density at radius 1 is 1.29 bits per heavy atom. The van der Waals surface area contributed by atoms with Gasteiger partial charge in [0.2, 0.25) is 0 Å². The van der Waals surface area contributed by atoms with Gasteiger partial charge in [0, 0.05) is 30.2 Å². The van der Waals surface area contributed by atoms with Gasteiger partial charge in [0.15, 0.2) is 0 Å². The first-order valence-corrected chi connectivity index (χ1v) is 9.30. The van der Waals surface area contributed by atoms with Gasteiger partial charge in [-0.25, -0.2) is 4.68 Å². The van der Waals surface area contributed by atoms with Crippen molar-refractivity contribution >= 4 is 17.7 Å². The first-order chi connectivity index (χ1) is 11.5. The standard InChI is InChI=1S/C18H23N3O2S/c1-12(2)16-11-20(8-9-24-16)18(23)15-10-17(22)21(19-15)14-6-4-13(3)5-7-14/h4-7,10,12,16,19H,8-9,11H2,1-3H3/t16-/m0/s1. The maximum absolute atomic E-state index is 12.8. The van der Waals surface area contributed by atoms with Crippen LogP contribution in [0.3, 0.4) is 0 Å². The number of thioether (sulfide) groups is 1. The van der Waals surface area contributed by atoms with E-state index in [0.717, 1.165) is 30.1 Å². The minimum atomic E-state index is -0.214. The molecule has 1 aliphatic heterocycles. The third kappa shape index (κ3) is 3.43. The maximum Gasteiger partial charge on any atom is 0.272 e. The van der Waals surface area contributed by atoms with E-state index in [0.29, 0.717) is 16.9 Å². The molecule has 1 amide bonds. The van der Waals surface area contributed by atoms with E-state index in [2.05, 4.69) is 18.9 Å². The molecule has 6 heteroatoms. The van der Waals surface area contributed by atoms with Crippen molar-refractivity contribution in [2.45, 2.75) is 26.0 Å². The molecule has 1 fully saturated rings. The fourth-order valence-corrected chi connectivity index (χ4v) is 4.12. The van der Waals surface area contributed by atoms with Crippen LogP contribution < -0.4 is 5.56 Å². The minimum absolute atomic E-state index is 0.0936. The fraction of sp³-hybridized carbons (Fsp3) is 0.444. The summed E-state index contributed by atoms with van der Waals surface area (Å²) >= 11 is 1.92. The van der Waals surface area contributed by atoms with E-state index in [4.69, 9.17) is 0 Å². The predicted octanol–water partition coefficient (Wildman–Crippen LogP) is 2.69. The lowest BCUT2D eigenvalue weighted by molar-refractivity contribution is 0.0749. The smallest absolute Gasteiger partial charge is 0.272 e. The van der Waals surface area contributed by atoms with Crippen LogP contribution in [0, 0.1) is 12.8 Å². The Morgan fingerprint density at radius 2 is 2.00 bits per heavy atom. The second-order valence-corrected chi connectivity index (χ2v) is 7.93. The Hall–Kier alpha value is -1.95. The van der Waals surface area contributed by atoms with Crippen molar-refractivity contribution in [1.29, 1.82) is 0 Å². The van der Waals surface area contributed by atoms with Crippen LogP contribution >= 0.6 is 11.8 Å². The largest absolute Gasteiger partial charge is 0.335 e. The van der Waals surface area contributed by atoms with Gasteiger partial charge in [0.25, 0.3) is 11.5 Å². The fourth-order valence-electron chi connectivity index (χ4n) is 2.82. The molecule has 1 aromatic carbocycles. The molecule has 1 atom stereocenters. The van der Waals surface area contributed by atoms with Gasteiger partial charge in [-0.05, 0) is 25.0 Å². The van der Waals surface area contributed by atoms with Gasteiger partial charge in [-0.15, -0.1) is 0 Å². The number of nitrogens with zero attached hydrogens (tertiary/aromatic N) is 2. The molecule has 1 N–H and O–H groups in total. The number of nitrogens with one attached hydrogen (secondary N) is 1. The maximum atomic E-state index is 12.8. The molecule has 0 bridgehead atoms. The number of benzene rings is 1. The molecule has 0 saturated carbocycles. The average Bonchev–Trinajstić information content (AvgIpc) is 2.97. The van der Waals surface area contributed by atoms with Gasteiger partial charge in [-0.3, -0.25) is 14.7 Å². The van der Waals surface area contributed by atoms with Crippen LogP contribution in [0.25, 0.3) is 5.69 Å². The van der Waals surface area contributed by atoms with E-state index in [1.807, 2.05) is 47.9 Å². The van der Waals surface area contributed by atoms with Crippen LogP contribution in [0.2, 0.25) is 0 Å². The first kappa shape index (κ1) is 16.9. The van der Waals surface area contributed by atoms with Gasteiger partial charge >= 0.3 is 0 Å². The van der Waals surface area contributed by atoms with E-state index in [1.54, 1.807) is 0 Å². The lowest BCUT2D eigenvalue weighted by Gasteiger charge is -2.34. The van der Waals surface area contributed by atoms with Gasteiger partial charge < -0.3 is 4.90 Å². The highest BCUT2D eigenvalue weighted by Gasteiger charge is 2.27. The number of aryl methyl sites for hydroxylation is 1. The summed E-state index contributed by atoms with van der Waals surface area (Å²) in [7, 11) is 0. The van der Waals surface area contributed by atoms with E-state index in [1.165, 1.54) is 10.7 Å². The zero-order valence-corrected chi connectivity index (χ0v) is 15.1. The van der Waals surface area contributed by atoms with Crippen molar-refractivity contribution in [1.82, 2.24) is 14.7 Å². The highest BCUT2D eigenvalue weighted by atomic mass is 32.2. The molecule has 3 rings (SSSR count). The van der Waals surface area contributed by atoms with Gasteiger partial charge in [-0.1, -0.05) is 31.5 Å². The third-order valence-electron chi connectivity index (χ3n) is 4.37. The summed E-state index contributed by atoms with van der Waals surface area (Å²) < 4.78 is 1.42. The van der Waals surface area contributed by atoms with Gasteiger partial charge in [-0.2, -0.15) is 11.8 Å². The van der Waals surface area contributed by atoms with Crippen molar-refractivity contribution in [3.05, 3.63) is 51.9 Å². The Bertz CT molecular complexity index is 776. The van der Waals surface area contributed by atoms with Crippen molar-refractivity contribution in [2.24, 2.45) is 5.92 Å². The minimum Gasteiger partial charge on any atom is -0.335 e. The van der Waals surface area contributed by atoms with Crippen LogP contribution in [0.1, 0.15) is 29.9 Å². The summed E-state index contributed by atoms with van der Waals surface area (Å²) in [6.45, 7) is 7.82. The Balaban J connectivity index is 1.82. The van der Waals surface area contributed by atoms with Crippen molar-refractivity contribution in [3.8, 4) is 5.69 Å². The molecule has 0 aliphatic carbocycles. The number of H-pyrrole nitrogens is 1. The molecule has 1 aliphatic rings. The quantitative estimate of drug-likeness (QED) is 0.930. The number of amides is 1. The highest BCUT2D eigenvalue weighted by Crippen LogP contribution is 2.25. The lowest BCUT2D eigenvalue weighted by atomic mass is 10.1. The molecule has 0 radical (unpaired) electrons. The summed E-state index contributed by atoms with van der Waals surface area (Å²) in [6, 6.07) is 9.02. The van der Waals surface area contributed by atoms with Crippen LogP contribution in [0.4, 0.5) is 0 Å². The second-order valence-electron chi connectivity index (χ2n) is 6.58. The Labute approximate surface area is 146 Å². The van der Waals surface area contributed by atoms with Crippen LogP contribution in [-0.2, 0) is 0 Å². The van der Waals surface area contributed by atoms with Crippen LogP contribution in [0.15, 0.2) is 35.1 Å². The van der Waals surface area contributed by atoms with E-state index in [9.17, 15) is 9.59 Å². The van der Waals surface area contributed by atoms with E-state index in [-0.39, 0.29) is 11.5 Å². The number of carbonyl (C=O) groups excluding carboxylic acids is 1. The molecule has 0 unspecified atom stereocenters. The van der Waals surface area contributed by atoms with Gasteiger partial charge in [0.05, 0.1) is 5.69 Å². The zero-order chi connectivity index (χ0) is 17.3. The number of hydrogen-bond acceptors (Lipinski definition) is 3. The van der Waals surface area contributed by atoms with E-state index >= 15 is 0 Å². The number of aromatic nitrogens is 2. The van der Waals surface area contributed by atoms with Crippen LogP contribution in [0.5, 0.6) is 0 Å². The molecule has 1 aromatic heterocycles. The molecule has 2 heterocycles. The monoisotopic (exact) mass is 345 g/mol. The lowest BCUT2D eigenvalue weighted by Crippen LogP contribution is -2.43. The summed E-state index contributed by atoms with van der Waals surface area (Å²) in [5.41, 5.74) is 2.00. The number of aromatic amines is 1. The zero-order valence-electron chi connectivity index (χ0n) is 14.3. The summed E-state index contributed by atoms with van der Waals surface area (Å²) in [5.74, 6) is 1.38. The van der Waals surface area contributed by atoms with Crippen molar-refractivity contribution < 1.29 is 4.79 Å². The van der Waals surface area contributed by atoms with Crippen molar-refractivity contribution in [2.75, 3.05) is 18.8 Å². The number of rotatable bonds is 3. The van der Waals surface area contributed by atoms with E-state index < -0.39 is 0 Å². The third-order valence-corrected chi connectivity index (χ3v) is 5.91. The topological polar surface area (TPSA) is 58.1 Å². The first-order valence-electron chi connectivity index (χ1n) is 8.25. The summed E-state index contributed by atoms with van der Waals surface area (Å²) in [6.07, 6.45) is 0. The molecule has 128 valence electrons. The molecule has 1 saturated heterocycles. The Kier molecular flexibility index (Phi) is 4.85. The highest BCUT2D eigenvalue weighted by molar-refractivity contribution is 8.00. The van der Waals surface area contributed by atoms with Crippen molar-refractivity contribution in [3.63, 3.8) is 0 Å². The van der Waals surface area contributed by atoms with Gasteiger partial charge in [0.1, 0.15) is 5.69 Å². The second kappa shape index (κ2) is 6.89. The molecule has 2 aromatic rings. The summed E-state index contributed by atoms with van der Waals surface area (Å²) in [4.78, 5) is 26.8. The van der Waals surface area contributed by atoms with Crippen LogP contribution in [-0.4, -0.2) is 44.7 Å². The molecular formula is C18H23N3O2S. The molecular weight excluding hydrogens is 322 g/mol. The predicted molar refractivity (Wildman–Crippen MR) is 98.1 cm³/mol. The average molecular weight is 345 g/mol. The Morgan fingerprint density at radius 3 is 2.67 bits per heavy atom. The molecule has 24 heavy (non-hydrogen) atoms. The number of hydrogen-bond donors (Lipinski definition) is 1.